The summed E-state index contributed by atoms with van der Waals surface area (Å²) in [6.07, 6.45) is 0.840. The van der Waals surface area contributed by atoms with Gasteiger partial charge in [0, 0.05) is 50.5 Å². The van der Waals surface area contributed by atoms with E-state index in [-0.39, 0.29) is 0 Å². The topological polar surface area (TPSA) is 58.3 Å². The van der Waals surface area contributed by atoms with Crippen LogP contribution < -0.4 is 5.73 Å². The van der Waals surface area contributed by atoms with E-state index in [0.29, 0.717) is 12.6 Å². The number of hydrogen-bond donors (Lipinski definition) is 1. The maximum Gasteiger partial charge on any atom is 0.147 e. The van der Waals surface area contributed by atoms with Gasteiger partial charge in [0.1, 0.15) is 5.82 Å². The SMILES string of the molecule is Cc1cc(CCN)nc(C2CN3CCN2CC3)n1. The van der Waals surface area contributed by atoms with Gasteiger partial charge >= 0.3 is 0 Å². The predicted octanol–water partition coefficient (Wildman–Crippen LogP) is -0.0415. The number of rotatable bonds is 3. The minimum atomic E-state index is 0.379. The first-order valence-corrected chi connectivity index (χ1v) is 6.77. The summed E-state index contributed by atoms with van der Waals surface area (Å²) in [4.78, 5) is 14.4. The van der Waals surface area contributed by atoms with Gasteiger partial charge in [0.25, 0.3) is 0 Å². The normalized spacial score (nSPS) is 30.7. The van der Waals surface area contributed by atoms with E-state index in [0.717, 1.165) is 43.3 Å². The third-order valence-electron chi connectivity index (χ3n) is 3.90. The molecule has 4 rings (SSSR count). The molecule has 3 fully saturated rings. The quantitative estimate of drug-likeness (QED) is 0.812. The van der Waals surface area contributed by atoms with E-state index in [1.165, 1.54) is 13.1 Å². The van der Waals surface area contributed by atoms with Crippen molar-refractivity contribution in [2.45, 2.75) is 19.4 Å². The lowest BCUT2D eigenvalue weighted by atomic mass is 10.1. The fourth-order valence-electron chi connectivity index (χ4n) is 2.95. The van der Waals surface area contributed by atoms with Gasteiger partial charge in [-0.05, 0) is 19.5 Å². The smallest absolute Gasteiger partial charge is 0.147 e. The molecule has 98 valence electrons. The van der Waals surface area contributed by atoms with Crippen LogP contribution >= 0.6 is 0 Å². The molecule has 3 aliphatic rings. The Hall–Kier alpha value is -1.04. The molecule has 1 atom stereocenters. The lowest BCUT2D eigenvalue weighted by Crippen LogP contribution is -2.57. The molecule has 5 nitrogen and oxygen atoms in total. The van der Waals surface area contributed by atoms with Crippen LogP contribution in [0.4, 0.5) is 0 Å². The molecular formula is C13H21N5. The number of hydrogen-bond acceptors (Lipinski definition) is 5. The van der Waals surface area contributed by atoms with Gasteiger partial charge in [-0.25, -0.2) is 9.97 Å². The van der Waals surface area contributed by atoms with Gasteiger partial charge in [0.15, 0.2) is 0 Å². The highest BCUT2D eigenvalue weighted by atomic mass is 15.4. The van der Waals surface area contributed by atoms with Crippen molar-refractivity contribution in [1.29, 1.82) is 0 Å². The number of piperazine rings is 3. The standard InChI is InChI=1S/C13H21N5/c1-10-8-11(2-3-14)16-13(15-10)12-9-17-4-6-18(12)7-5-17/h8,12H,2-7,9,14H2,1H3. The Bertz CT molecular complexity index is 425. The fraction of sp³-hybridized carbons (Fsp3) is 0.692. The van der Waals surface area contributed by atoms with Crippen LogP contribution in [0.25, 0.3) is 0 Å². The van der Waals surface area contributed by atoms with Crippen molar-refractivity contribution in [3.8, 4) is 0 Å². The van der Waals surface area contributed by atoms with E-state index in [9.17, 15) is 0 Å². The Morgan fingerprint density at radius 3 is 2.67 bits per heavy atom. The number of aryl methyl sites for hydroxylation is 1. The molecule has 0 aromatic carbocycles. The van der Waals surface area contributed by atoms with Crippen LogP contribution in [0.2, 0.25) is 0 Å². The lowest BCUT2D eigenvalue weighted by molar-refractivity contribution is 0.00850. The summed E-state index contributed by atoms with van der Waals surface area (Å²) >= 11 is 0. The maximum atomic E-state index is 5.62. The van der Waals surface area contributed by atoms with Crippen molar-refractivity contribution in [3.63, 3.8) is 0 Å². The average molecular weight is 247 g/mol. The molecule has 1 aromatic rings. The first kappa shape index (κ1) is 12.0. The largest absolute Gasteiger partial charge is 0.330 e. The fourth-order valence-corrected chi connectivity index (χ4v) is 2.95. The average Bonchev–Trinajstić information content (AvgIpc) is 2.40. The molecule has 4 heterocycles. The zero-order chi connectivity index (χ0) is 12.5. The van der Waals surface area contributed by atoms with Gasteiger partial charge in [-0.1, -0.05) is 0 Å². The Kier molecular flexibility index (Phi) is 3.28. The van der Waals surface area contributed by atoms with E-state index in [2.05, 4.69) is 14.8 Å². The van der Waals surface area contributed by atoms with Gasteiger partial charge < -0.3 is 5.73 Å². The summed E-state index contributed by atoms with van der Waals surface area (Å²) in [6.45, 7) is 8.45. The molecule has 2 bridgehead atoms. The molecule has 18 heavy (non-hydrogen) atoms. The van der Waals surface area contributed by atoms with E-state index in [1.807, 2.05) is 13.0 Å². The summed E-state index contributed by atoms with van der Waals surface area (Å²) in [5, 5.41) is 0. The van der Waals surface area contributed by atoms with Crippen LogP contribution in [-0.2, 0) is 6.42 Å². The van der Waals surface area contributed by atoms with Crippen LogP contribution in [0.15, 0.2) is 6.07 Å². The highest BCUT2D eigenvalue weighted by molar-refractivity contribution is 5.14. The van der Waals surface area contributed by atoms with Crippen LogP contribution in [-0.4, -0.2) is 59.0 Å². The van der Waals surface area contributed by atoms with Crippen LogP contribution in [0.5, 0.6) is 0 Å². The molecule has 0 aliphatic carbocycles. The molecule has 1 aromatic heterocycles. The molecule has 0 saturated carbocycles. The van der Waals surface area contributed by atoms with Gasteiger partial charge in [-0.2, -0.15) is 0 Å². The molecule has 1 unspecified atom stereocenters. The third-order valence-corrected chi connectivity index (χ3v) is 3.90. The molecular weight excluding hydrogens is 226 g/mol. The van der Waals surface area contributed by atoms with E-state index >= 15 is 0 Å². The first-order chi connectivity index (χ1) is 8.76. The molecule has 3 saturated heterocycles. The molecule has 0 radical (unpaired) electrons. The van der Waals surface area contributed by atoms with Crippen LogP contribution in [0, 0.1) is 6.92 Å². The van der Waals surface area contributed by atoms with Crippen molar-refractivity contribution < 1.29 is 0 Å². The molecule has 3 aliphatic heterocycles. The van der Waals surface area contributed by atoms with Crippen molar-refractivity contribution in [1.82, 2.24) is 19.8 Å². The summed E-state index contributed by atoms with van der Waals surface area (Å²) in [6, 6.07) is 2.43. The van der Waals surface area contributed by atoms with Crippen LogP contribution in [0.1, 0.15) is 23.3 Å². The molecule has 2 N–H and O–H groups in total. The Balaban J connectivity index is 1.87. The molecule has 0 spiro atoms. The minimum absolute atomic E-state index is 0.379. The van der Waals surface area contributed by atoms with Crippen LogP contribution in [0.3, 0.4) is 0 Å². The van der Waals surface area contributed by atoms with E-state index in [4.69, 9.17) is 10.7 Å². The van der Waals surface area contributed by atoms with Gasteiger partial charge in [-0.3, -0.25) is 9.80 Å². The van der Waals surface area contributed by atoms with Crippen molar-refractivity contribution in [2.24, 2.45) is 5.73 Å². The lowest BCUT2D eigenvalue weighted by Gasteiger charge is -2.46. The zero-order valence-electron chi connectivity index (χ0n) is 11.0. The van der Waals surface area contributed by atoms with E-state index < -0.39 is 0 Å². The minimum Gasteiger partial charge on any atom is -0.330 e. The molecule has 5 heteroatoms. The Labute approximate surface area is 108 Å². The second kappa shape index (κ2) is 4.91. The van der Waals surface area contributed by atoms with Gasteiger partial charge in [0.05, 0.1) is 6.04 Å². The van der Waals surface area contributed by atoms with Crippen molar-refractivity contribution >= 4 is 0 Å². The Morgan fingerprint density at radius 1 is 1.28 bits per heavy atom. The second-order valence-electron chi connectivity index (χ2n) is 5.25. The predicted molar refractivity (Wildman–Crippen MR) is 70.3 cm³/mol. The summed E-state index contributed by atoms with van der Waals surface area (Å²) in [7, 11) is 0. The maximum absolute atomic E-state index is 5.62. The van der Waals surface area contributed by atoms with Gasteiger partial charge in [-0.15, -0.1) is 0 Å². The summed E-state index contributed by atoms with van der Waals surface area (Å²) < 4.78 is 0. The zero-order valence-corrected chi connectivity index (χ0v) is 11.0. The Morgan fingerprint density at radius 2 is 2.06 bits per heavy atom. The third kappa shape index (κ3) is 2.25. The summed E-state index contributed by atoms with van der Waals surface area (Å²) in [5.41, 5.74) is 7.76. The summed E-state index contributed by atoms with van der Waals surface area (Å²) in [5.74, 6) is 0.989. The molecule has 0 amide bonds. The van der Waals surface area contributed by atoms with Gasteiger partial charge in [0.2, 0.25) is 0 Å². The van der Waals surface area contributed by atoms with Crippen molar-refractivity contribution in [2.75, 3.05) is 39.3 Å². The first-order valence-electron chi connectivity index (χ1n) is 6.77. The monoisotopic (exact) mass is 247 g/mol. The van der Waals surface area contributed by atoms with E-state index in [1.54, 1.807) is 0 Å². The van der Waals surface area contributed by atoms with Crippen molar-refractivity contribution in [3.05, 3.63) is 23.3 Å². The highest BCUT2D eigenvalue weighted by Crippen LogP contribution is 2.26. The number of fused-ring (bicyclic) bond motifs is 3. The number of aromatic nitrogens is 2. The number of nitrogens with zero attached hydrogens (tertiary/aromatic N) is 4. The number of nitrogens with two attached hydrogens (primary N) is 1. The second-order valence-corrected chi connectivity index (χ2v) is 5.25. The highest BCUT2D eigenvalue weighted by Gasteiger charge is 2.34.